The van der Waals surface area contributed by atoms with E-state index in [2.05, 4.69) is 10.6 Å². The first-order chi connectivity index (χ1) is 13.3. The lowest BCUT2D eigenvalue weighted by molar-refractivity contribution is -0.137. The molecule has 3 rings (SSSR count). The Morgan fingerprint density at radius 3 is 2.50 bits per heavy atom. The van der Waals surface area contributed by atoms with Crippen LogP contribution in [0.5, 0.6) is 0 Å². The summed E-state index contributed by atoms with van der Waals surface area (Å²) in [7, 11) is 0. The molecule has 6 nitrogen and oxygen atoms in total. The maximum atomic E-state index is 13.3. The summed E-state index contributed by atoms with van der Waals surface area (Å²) in [5, 5.41) is 14.4. The lowest BCUT2D eigenvalue weighted by atomic mass is 10.1. The number of fused-ring (bicyclic) bond motifs is 1. The summed E-state index contributed by atoms with van der Waals surface area (Å²) in [5.74, 6) is -2.35. The van der Waals surface area contributed by atoms with Gasteiger partial charge in [-0.15, -0.1) is 11.3 Å². The second-order valence-electron chi connectivity index (χ2n) is 5.88. The maximum Gasteiger partial charge on any atom is 0.322 e. The van der Waals surface area contributed by atoms with Gasteiger partial charge in [-0.05, 0) is 35.9 Å². The Hall–Kier alpha value is -2.97. The third kappa shape index (κ3) is 4.65. The van der Waals surface area contributed by atoms with Crippen LogP contribution in [0.1, 0.15) is 15.2 Å². The number of aliphatic carboxylic acids is 1. The van der Waals surface area contributed by atoms with Crippen molar-refractivity contribution in [2.75, 3.05) is 11.9 Å². The summed E-state index contributed by atoms with van der Waals surface area (Å²) in [5.41, 5.74) is 1.16. The summed E-state index contributed by atoms with van der Waals surface area (Å²) >= 11 is 7.35. The van der Waals surface area contributed by atoms with Crippen LogP contribution >= 0.6 is 22.9 Å². The lowest BCUT2D eigenvalue weighted by Gasteiger charge is -2.06. The lowest BCUT2D eigenvalue weighted by Crippen LogP contribution is -2.30. The van der Waals surface area contributed by atoms with Crippen LogP contribution in [-0.4, -0.2) is 29.4 Å². The van der Waals surface area contributed by atoms with E-state index < -0.39 is 30.1 Å². The van der Waals surface area contributed by atoms with Gasteiger partial charge < -0.3 is 15.7 Å². The number of benzene rings is 2. The number of carboxylic acid groups (broad SMARTS) is 1. The fourth-order valence-corrected chi connectivity index (χ4v) is 3.94. The molecule has 1 heterocycles. The molecule has 1 aromatic heterocycles. The number of carbonyl (C=O) groups excluding carboxylic acids is 2. The number of hydrogen-bond acceptors (Lipinski definition) is 4. The molecule has 0 unspecified atom stereocenters. The molecule has 0 aliphatic carbocycles. The van der Waals surface area contributed by atoms with Crippen molar-refractivity contribution in [2.45, 2.75) is 6.42 Å². The molecule has 0 saturated carbocycles. The molecular weight excluding hydrogens is 407 g/mol. The molecule has 9 heteroatoms. The van der Waals surface area contributed by atoms with Crippen LogP contribution in [0.15, 0.2) is 42.5 Å². The number of rotatable bonds is 6. The second kappa shape index (κ2) is 8.37. The topological polar surface area (TPSA) is 95.5 Å². The van der Waals surface area contributed by atoms with Gasteiger partial charge >= 0.3 is 5.97 Å². The van der Waals surface area contributed by atoms with E-state index in [0.717, 1.165) is 11.3 Å². The summed E-state index contributed by atoms with van der Waals surface area (Å²) in [4.78, 5) is 34.8. The highest BCUT2D eigenvalue weighted by molar-refractivity contribution is 7.21. The number of anilines is 1. The van der Waals surface area contributed by atoms with Gasteiger partial charge in [-0.25, -0.2) is 4.39 Å². The van der Waals surface area contributed by atoms with Gasteiger partial charge in [0.1, 0.15) is 17.2 Å². The molecule has 0 fully saturated rings. The van der Waals surface area contributed by atoms with Gasteiger partial charge in [0, 0.05) is 15.8 Å². The molecule has 0 spiro atoms. The highest BCUT2D eigenvalue weighted by Crippen LogP contribution is 2.36. The van der Waals surface area contributed by atoms with E-state index in [0.29, 0.717) is 21.3 Å². The van der Waals surface area contributed by atoms with Crippen molar-refractivity contribution in [2.24, 2.45) is 0 Å². The summed E-state index contributed by atoms with van der Waals surface area (Å²) < 4.78 is 13.9. The Labute approximate surface area is 167 Å². The van der Waals surface area contributed by atoms with Crippen LogP contribution in [0.4, 0.5) is 10.1 Å². The first-order valence-electron chi connectivity index (χ1n) is 8.10. The largest absolute Gasteiger partial charge is 0.480 e. The van der Waals surface area contributed by atoms with E-state index in [1.807, 2.05) is 0 Å². The number of thiophene rings is 1. The average Bonchev–Trinajstić information content (AvgIpc) is 2.97. The normalized spacial score (nSPS) is 10.6. The zero-order valence-electron chi connectivity index (χ0n) is 14.3. The summed E-state index contributed by atoms with van der Waals surface area (Å²) in [6.45, 7) is -0.438. The minimum atomic E-state index is -1.12. The third-order valence-electron chi connectivity index (χ3n) is 3.81. The highest BCUT2D eigenvalue weighted by Gasteiger charge is 2.17. The standard InChI is InChI=1S/C19H14ClFN2O4S/c20-17-13-6-3-11(21)8-14(13)28-18(17)19(27)23-12-4-1-10(2-5-12)7-15(24)22-9-16(25)26/h1-6,8H,7,9H2,(H,22,24)(H,23,27)(H,25,26). The minimum Gasteiger partial charge on any atom is -0.480 e. The van der Waals surface area contributed by atoms with Crippen molar-refractivity contribution in [3.05, 3.63) is 63.7 Å². The van der Waals surface area contributed by atoms with Crippen molar-refractivity contribution in [1.29, 1.82) is 0 Å². The van der Waals surface area contributed by atoms with E-state index in [1.165, 1.54) is 18.2 Å². The van der Waals surface area contributed by atoms with E-state index in [4.69, 9.17) is 16.7 Å². The van der Waals surface area contributed by atoms with E-state index >= 15 is 0 Å². The Balaban J connectivity index is 1.67. The predicted octanol–water partition coefficient (Wildman–Crippen LogP) is 3.69. The minimum absolute atomic E-state index is 0.0230. The summed E-state index contributed by atoms with van der Waals surface area (Å²) in [6, 6.07) is 10.7. The SMILES string of the molecule is O=C(O)CNC(=O)Cc1ccc(NC(=O)c2sc3cc(F)ccc3c2Cl)cc1. The monoisotopic (exact) mass is 420 g/mol. The molecular formula is C19H14ClFN2O4S. The van der Waals surface area contributed by atoms with E-state index in [-0.39, 0.29) is 16.3 Å². The molecule has 2 aromatic carbocycles. The Kier molecular flexibility index (Phi) is 5.91. The van der Waals surface area contributed by atoms with Gasteiger partial charge in [0.05, 0.1) is 11.4 Å². The number of carbonyl (C=O) groups is 3. The van der Waals surface area contributed by atoms with Crippen molar-refractivity contribution in [3.8, 4) is 0 Å². The molecule has 0 bridgehead atoms. The highest BCUT2D eigenvalue weighted by atomic mass is 35.5. The number of amides is 2. The number of halogens is 2. The first kappa shape index (κ1) is 19.8. The molecule has 0 saturated heterocycles. The second-order valence-corrected chi connectivity index (χ2v) is 7.31. The smallest absolute Gasteiger partial charge is 0.322 e. The van der Waals surface area contributed by atoms with Gasteiger partial charge in [-0.2, -0.15) is 0 Å². The zero-order valence-corrected chi connectivity index (χ0v) is 15.9. The van der Waals surface area contributed by atoms with Gasteiger partial charge in [0.2, 0.25) is 5.91 Å². The molecule has 144 valence electrons. The van der Waals surface area contributed by atoms with Crippen molar-refractivity contribution >= 4 is 56.5 Å². The van der Waals surface area contributed by atoms with Crippen LogP contribution in [0.2, 0.25) is 5.02 Å². The number of carboxylic acids is 1. The quantitative estimate of drug-likeness (QED) is 0.566. The number of hydrogen-bond donors (Lipinski definition) is 3. The van der Waals surface area contributed by atoms with Crippen molar-refractivity contribution in [1.82, 2.24) is 5.32 Å². The predicted molar refractivity (Wildman–Crippen MR) is 106 cm³/mol. The molecule has 3 N–H and O–H groups in total. The van der Waals surface area contributed by atoms with Gasteiger partial charge in [-0.3, -0.25) is 14.4 Å². The van der Waals surface area contributed by atoms with E-state index in [9.17, 15) is 18.8 Å². The third-order valence-corrected chi connectivity index (χ3v) is 5.47. The van der Waals surface area contributed by atoms with Gasteiger partial charge in [-0.1, -0.05) is 23.7 Å². The Morgan fingerprint density at radius 2 is 1.82 bits per heavy atom. The first-order valence-corrected chi connectivity index (χ1v) is 9.29. The molecule has 2 amide bonds. The fourth-order valence-electron chi connectivity index (χ4n) is 2.50. The molecule has 28 heavy (non-hydrogen) atoms. The average molecular weight is 421 g/mol. The molecule has 3 aromatic rings. The summed E-state index contributed by atoms with van der Waals surface area (Å²) in [6.07, 6.45) is 0.0230. The van der Waals surface area contributed by atoms with Gasteiger partial charge in [0.25, 0.3) is 5.91 Å². The Bertz CT molecular complexity index is 1070. The van der Waals surface area contributed by atoms with Gasteiger partial charge in [0.15, 0.2) is 0 Å². The van der Waals surface area contributed by atoms with E-state index in [1.54, 1.807) is 24.3 Å². The van der Waals surface area contributed by atoms with Crippen molar-refractivity contribution in [3.63, 3.8) is 0 Å². The van der Waals surface area contributed by atoms with Crippen molar-refractivity contribution < 1.29 is 23.9 Å². The van der Waals surface area contributed by atoms with Crippen LogP contribution < -0.4 is 10.6 Å². The van der Waals surface area contributed by atoms with Crippen LogP contribution in [0.3, 0.4) is 0 Å². The van der Waals surface area contributed by atoms with Crippen LogP contribution in [0.25, 0.3) is 10.1 Å². The fraction of sp³-hybridized carbons (Fsp3) is 0.105. The van der Waals surface area contributed by atoms with Crippen LogP contribution in [-0.2, 0) is 16.0 Å². The molecule has 0 radical (unpaired) electrons. The Morgan fingerprint density at radius 1 is 1.11 bits per heavy atom. The number of nitrogens with one attached hydrogen (secondary N) is 2. The maximum absolute atomic E-state index is 13.3. The van der Waals surface area contributed by atoms with Crippen LogP contribution in [0, 0.1) is 5.82 Å². The molecule has 0 aliphatic rings. The molecule has 0 atom stereocenters. The molecule has 0 aliphatic heterocycles. The zero-order chi connectivity index (χ0) is 20.3.